The minimum atomic E-state index is -3.23. The van der Waals surface area contributed by atoms with Crippen LogP contribution in [-0.4, -0.2) is 41.2 Å². The molecule has 0 spiro atoms. The third kappa shape index (κ3) is 9.86. The van der Waals surface area contributed by atoms with Crippen molar-refractivity contribution in [2.75, 3.05) is 24.4 Å². The first-order chi connectivity index (χ1) is 4.71. The Morgan fingerprint density at radius 3 is 1.36 bits per heavy atom. The third-order valence-electron chi connectivity index (χ3n) is 0.595. The minimum absolute atomic E-state index is 0.555. The molecule has 0 aliphatic heterocycles. The molecular formula is C4H10O5S2. The van der Waals surface area contributed by atoms with Crippen molar-refractivity contribution >= 4 is 19.7 Å². The van der Waals surface area contributed by atoms with Gasteiger partial charge >= 0.3 is 0 Å². The summed E-state index contributed by atoms with van der Waals surface area (Å²) in [6.45, 7) is 0. The Balaban J connectivity index is 3.79. The number of ether oxygens (including phenoxy) is 1. The SMILES string of the molecule is CS(=O)(=O)COCS(C)(=O)=O. The predicted molar refractivity (Wildman–Crippen MR) is 40.5 cm³/mol. The van der Waals surface area contributed by atoms with E-state index in [0.29, 0.717) is 0 Å². The van der Waals surface area contributed by atoms with E-state index in [9.17, 15) is 16.8 Å². The zero-order valence-electron chi connectivity index (χ0n) is 6.27. The van der Waals surface area contributed by atoms with E-state index in [0.717, 1.165) is 12.5 Å². The number of hydrogen-bond donors (Lipinski definition) is 0. The Labute approximate surface area is 66.2 Å². The van der Waals surface area contributed by atoms with Gasteiger partial charge in [-0.15, -0.1) is 0 Å². The lowest BCUT2D eigenvalue weighted by Crippen LogP contribution is -2.13. The maximum Gasteiger partial charge on any atom is 0.171 e. The van der Waals surface area contributed by atoms with Gasteiger partial charge in [-0.2, -0.15) is 0 Å². The van der Waals surface area contributed by atoms with Crippen LogP contribution in [0.2, 0.25) is 0 Å². The molecule has 0 heterocycles. The van der Waals surface area contributed by atoms with Crippen LogP contribution in [0.25, 0.3) is 0 Å². The molecule has 0 rings (SSSR count). The monoisotopic (exact) mass is 202 g/mol. The number of sulfone groups is 2. The second-order valence-electron chi connectivity index (χ2n) is 2.29. The summed E-state index contributed by atoms with van der Waals surface area (Å²) in [5.74, 6) is -1.11. The molecule has 0 atom stereocenters. The normalized spacial score (nSPS) is 13.3. The van der Waals surface area contributed by atoms with Gasteiger partial charge in [-0.1, -0.05) is 0 Å². The summed E-state index contributed by atoms with van der Waals surface area (Å²) in [7, 11) is -6.47. The van der Waals surface area contributed by atoms with Crippen LogP contribution in [0.15, 0.2) is 0 Å². The summed E-state index contributed by atoms with van der Waals surface area (Å²) in [5.41, 5.74) is 0. The standard InChI is InChI=1S/C4H10O5S2/c1-10(5,6)3-9-4-11(2,7)8/h3-4H2,1-2H3. The van der Waals surface area contributed by atoms with Crippen molar-refractivity contribution in [3.05, 3.63) is 0 Å². The lowest BCUT2D eigenvalue weighted by Gasteiger charge is -1.98. The number of rotatable bonds is 4. The molecule has 7 heteroatoms. The Bertz CT molecular complexity index is 265. The molecule has 0 bridgehead atoms. The van der Waals surface area contributed by atoms with E-state index in [-0.39, 0.29) is 0 Å². The van der Waals surface area contributed by atoms with E-state index < -0.39 is 31.6 Å². The van der Waals surface area contributed by atoms with Gasteiger partial charge in [0, 0.05) is 12.5 Å². The van der Waals surface area contributed by atoms with E-state index in [1.165, 1.54) is 0 Å². The topological polar surface area (TPSA) is 77.5 Å². The van der Waals surface area contributed by atoms with Gasteiger partial charge < -0.3 is 4.74 Å². The molecule has 68 valence electrons. The zero-order chi connectivity index (χ0) is 9.12. The molecule has 0 radical (unpaired) electrons. The van der Waals surface area contributed by atoms with Crippen molar-refractivity contribution in [1.82, 2.24) is 0 Å². The van der Waals surface area contributed by atoms with Gasteiger partial charge in [-0.05, 0) is 0 Å². The molecule has 5 nitrogen and oxygen atoms in total. The average Bonchev–Trinajstić information content (AvgIpc) is 1.55. The summed E-state index contributed by atoms with van der Waals surface area (Å²) in [5, 5.41) is 0. The molecule has 0 fully saturated rings. The highest BCUT2D eigenvalue weighted by Gasteiger charge is 2.05. The van der Waals surface area contributed by atoms with Gasteiger partial charge in [0.25, 0.3) is 0 Å². The van der Waals surface area contributed by atoms with Gasteiger partial charge in [0.15, 0.2) is 19.7 Å². The second-order valence-corrected chi connectivity index (χ2v) is 6.47. The van der Waals surface area contributed by atoms with Crippen molar-refractivity contribution < 1.29 is 21.6 Å². The smallest absolute Gasteiger partial charge is 0.171 e. The van der Waals surface area contributed by atoms with Crippen LogP contribution < -0.4 is 0 Å². The Kier molecular flexibility index (Phi) is 3.46. The highest BCUT2D eigenvalue weighted by Crippen LogP contribution is 1.88. The van der Waals surface area contributed by atoms with E-state index >= 15 is 0 Å². The lowest BCUT2D eigenvalue weighted by molar-refractivity contribution is 0.225. The van der Waals surface area contributed by atoms with E-state index in [1.54, 1.807) is 0 Å². The fourth-order valence-electron chi connectivity index (χ4n) is 0.337. The predicted octanol–water partition coefficient (Wildman–Crippen LogP) is -0.993. The van der Waals surface area contributed by atoms with E-state index in [1.807, 2.05) is 0 Å². The Morgan fingerprint density at radius 1 is 0.909 bits per heavy atom. The van der Waals surface area contributed by atoms with E-state index in [4.69, 9.17) is 0 Å². The number of hydrogen-bond acceptors (Lipinski definition) is 5. The van der Waals surface area contributed by atoms with Crippen LogP contribution in [-0.2, 0) is 24.4 Å². The minimum Gasteiger partial charge on any atom is -0.350 e. The first-order valence-electron chi connectivity index (χ1n) is 2.64. The first-order valence-corrected chi connectivity index (χ1v) is 6.76. The van der Waals surface area contributed by atoms with Crippen LogP contribution in [0.1, 0.15) is 0 Å². The second kappa shape index (κ2) is 3.51. The van der Waals surface area contributed by atoms with Crippen LogP contribution in [0, 0.1) is 0 Å². The molecule has 0 saturated carbocycles. The fraction of sp³-hybridized carbons (Fsp3) is 1.00. The lowest BCUT2D eigenvalue weighted by atomic mass is 11.5. The third-order valence-corrected chi connectivity index (χ3v) is 1.78. The van der Waals surface area contributed by atoms with Crippen molar-refractivity contribution in [3.8, 4) is 0 Å². The van der Waals surface area contributed by atoms with Crippen LogP contribution >= 0.6 is 0 Å². The first kappa shape index (κ1) is 10.9. The zero-order valence-corrected chi connectivity index (χ0v) is 7.90. The summed E-state index contributed by atoms with van der Waals surface area (Å²) in [6.07, 6.45) is 1.94. The van der Waals surface area contributed by atoms with Gasteiger partial charge in [-0.3, -0.25) is 0 Å². The maximum atomic E-state index is 10.4. The molecule has 0 aliphatic rings. The van der Waals surface area contributed by atoms with Crippen molar-refractivity contribution in [2.24, 2.45) is 0 Å². The average molecular weight is 202 g/mol. The quantitative estimate of drug-likeness (QED) is 0.584. The fourth-order valence-corrected chi connectivity index (χ4v) is 1.21. The van der Waals surface area contributed by atoms with Crippen molar-refractivity contribution in [2.45, 2.75) is 0 Å². The van der Waals surface area contributed by atoms with Gasteiger partial charge in [0.05, 0.1) is 0 Å². The van der Waals surface area contributed by atoms with Crippen LogP contribution in [0.3, 0.4) is 0 Å². The molecule has 0 unspecified atom stereocenters. The van der Waals surface area contributed by atoms with Gasteiger partial charge in [-0.25, -0.2) is 16.8 Å². The summed E-state index contributed by atoms with van der Waals surface area (Å²) >= 11 is 0. The summed E-state index contributed by atoms with van der Waals surface area (Å²) < 4.78 is 46.0. The van der Waals surface area contributed by atoms with Gasteiger partial charge in [0.2, 0.25) is 0 Å². The highest BCUT2D eigenvalue weighted by molar-refractivity contribution is 7.91. The molecule has 0 amide bonds. The molecular weight excluding hydrogens is 192 g/mol. The molecule has 0 aromatic heterocycles. The van der Waals surface area contributed by atoms with Crippen LogP contribution in [0.5, 0.6) is 0 Å². The van der Waals surface area contributed by atoms with E-state index in [2.05, 4.69) is 4.74 Å². The molecule has 0 N–H and O–H groups in total. The molecule has 0 aliphatic carbocycles. The summed E-state index contributed by atoms with van der Waals surface area (Å²) in [6, 6.07) is 0. The summed E-state index contributed by atoms with van der Waals surface area (Å²) in [4.78, 5) is 0. The van der Waals surface area contributed by atoms with Crippen molar-refractivity contribution in [3.63, 3.8) is 0 Å². The molecule has 0 saturated heterocycles. The Morgan fingerprint density at radius 2 is 1.18 bits per heavy atom. The largest absolute Gasteiger partial charge is 0.350 e. The Hall–Kier alpha value is -0.140. The highest BCUT2D eigenvalue weighted by atomic mass is 32.2. The maximum absolute atomic E-state index is 10.4. The molecule has 11 heavy (non-hydrogen) atoms. The van der Waals surface area contributed by atoms with Crippen molar-refractivity contribution in [1.29, 1.82) is 0 Å². The molecule has 0 aromatic rings. The molecule has 0 aromatic carbocycles. The van der Waals surface area contributed by atoms with Crippen LogP contribution in [0.4, 0.5) is 0 Å². The van der Waals surface area contributed by atoms with Gasteiger partial charge in [0.1, 0.15) is 11.9 Å².